The second kappa shape index (κ2) is 5.03. The summed E-state index contributed by atoms with van der Waals surface area (Å²) < 4.78 is 0. The summed E-state index contributed by atoms with van der Waals surface area (Å²) >= 11 is 0. The van der Waals surface area contributed by atoms with Gasteiger partial charge in [0.25, 0.3) is 5.91 Å². The SMILES string of the molecule is CCNc1cccc(CN2C(=O)CN(C)C2=O)n1. The Hall–Kier alpha value is -2.11. The molecule has 0 spiro atoms. The third-order valence-corrected chi connectivity index (χ3v) is 2.72. The average molecular weight is 248 g/mol. The van der Waals surface area contributed by atoms with Crippen molar-refractivity contribution >= 4 is 17.8 Å². The second-order valence-corrected chi connectivity index (χ2v) is 4.16. The first-order valence-electron chi connectivity index (χ1n) is 5.87. The van der Waals surface area contributed by atoms with E-state index in [2.05, 4.69) is 10.3 Å². The third kappa shape index (κ3) is 2.42. The van der Waals surface area contributed by atoms with Crippen molar-refractivity contribution in [2.75, 3.05) is 25.5 Å². The number of urea groups is 1. The Kier molecular flexibility index (Phi) is 3.45. The number of hydrogen-bond acceptors (Lipinski definition) is 4. The van der Waals surface area contributed by atoms with Crippen LogP contribution in [-0.2, 0) is 11.3 Å². The highest BCUT2D eigenvalue weighted by Crippen LogP contribution is 2.13. The maximum atomic E-state index is 11.7. The predicted molar refractivity (Wildman–Crippen MR) is 67.0 cm³/mol. The summed E-state index contributed by atoms with van der Waals surface area (Å²) in [5.74, 6) is 0.570. The van der Waals surface area contributed by atoms with Crippen LogP contribution in [0, 0.1) is 0 Å². The Bertz CT molecular complexity index is 475. The van der Waals surface area contributed by atoms with E-state index >= 15 is 0 Å². The summed E-state index contributed by atoms with van der Waals surface area (Å²) in [6, 6.07) is 5.25. The molecule has 0 unspecified atom stereocenters. The number of nitrogens with one attached hydrogen (secondary N) is 1. The normalized spacial score (nSPS) is 15.4. The van der Waals surface area contributed by atoms with Crippen LogP contribution in [0.2, 0.25) is 0 Å². The van der Waals surface area contributed by atoms with Gasteiger partial charge in [-0.05, 0) is 19.1 Å². The molecule has 1 N–H and O–H groups in total. The fourth-order valence-corrected chi connectivity index (χ4v) is 1.83. The number of aromatic nitrogens is 1. The van der Waals surface area contributed by atoms with Crippen molar-refractivity contribution < 1.29 is 9.59 Å². The minimum Gasteiger partial charge on any atom is -0.370 e. The summed E-state index contributed by atoms with van der Waals surface area (Å²) in [7, 11) is 1.61. The Morgan fingerprint density at radius 1 is 1.39 bits per heavy atom. The van der Waals surface area contributed by atoms with Crippen molar-refractivity contribution in [2.45, 2.75) is 13.5 Å². The van der Waals surface area contributed by atoms with Gasteiger partial charge in [0.15, 0.2) is 0 Å². The molecule has 1 aromatic rings. The van der Waals surface area contributed by atoms with Crippen LogP contribution in [0.15, 0.2) is 18.2 Å². The van der Waals surface area contributed by atoms with Crippen molar-refractivity contribution in [1.82, 2.24) is 14.8 Å². The summed E-state index contributed by atoms with van der Waals surface area (Å²) in [6.45, 7) is 3.13. The molecule has 6 nitrogen and oxygen atoms in total. The summed E-state index contributed by atoms with van der Waals surface area (Å²) in [6.07, 6.45) is 0. The zero-order chi connectivity index (χ0) is 13.1. The molecular formula is C12H16N4O2. The maximum Gasteiger partial charge on any atom is 0.327 e. The number of imide groups is 1. The van der Waals surface area contributed by atoms with Crippen molar-refractivity contribution in [3.05, 3.63) is 23.9 Å². The second-order valence-electron chi connectivity index (χ2n) is 4.16. The van der Waals surface area contributed by atoms with Crippen LogP contribution in [0.5, 0.6) is 0 Å². The first-order valence-corrected chi connectivity index (χ1v) is 5.87. The van der Waals surface area contributed by atoms with Gasteiger partial charge >= 0.3 is 6.03 Å². The molecule has 0 atom stereocenters. The summed E-state index contributed by atoms with van der Waals surface area (Å²) in [5.41, 5.74) is 0.699. The third-order valence-electron chi connectivity index (χ3n) is 2.72. The fraction of sp³-hybridized carbons (Fsp3) is 0.417. The highest BCUT2D eigenvalue weighted by atomic mass is 16.2. The number of rotatable bonds is 4. The molecule has 2 rings (SSSR count). The number of amides is 3. The number of likely N-dealkylation sites (N-methyl/N-ethyl adjacent to an activating group) is 1. The highest BCUT2D eigenvalue weighted by Gasteiger charge is 2.33. The van der Waals surface area contributed by atoms with E-state index in [1.807, 2.05) is 19.1 Å². The molecule has 0 aliphatic carbocycles. The smallest absolute Gasteiger partial charge is 0.327 e. The molecule has 18 heavy (non-hydrogen) atoms. The predicted octanol–water partition coefficient (Wildman–Crippen LogP) is 0.907. The Morgan fingerprint density at radius 3 is 2.78 bits per heavy atom. The molecular weight excluding hydrogens is 232 g/mol. The minimum absolute atomic E-state index is 0.145. The van der Waals surface area contributed by atoms with E-state index < -0.39 is 0 Å². The van der Waals surface area contributed by atoms with Gasteiger partial charge in [-0.15, -0.1) is 0 Å². The summed E-state index contributed by atoms with van der Waals surface area (Å²) in [5, 5.41) is 3.09. The van der Waals surface area contributed by atoms with Gasteiger partial charge in [-0.3, -0.25) is 9.69 Å². The molecule has 1 aliphatic heterocycles. The zero-order valence-electron chi connectivity index (χ0n) is 10.5. The molecule has 3 amide bonds. The summed E-state index contributed by atoms with van der Waals surface area (Å²) in [4.78, 5) is 30.3. The van der Waals surface area contributed by atoms with Gasteiger partial charge < -0.3 is 10.2 Å². The lowest BCUT2D eigenvalue weighted by Gasteiger charge is -2.14. The molecule has 1 saturated heterocycles. The number of pyridine rings is 1. The van der Waals surface area contributed by atoms with Crippen molar-refractivity contribution in [1.29, 1.82) is 0 Å². The average Bonchev–Trinajstić information content (AvgIpc) is 2.57. The maximum absolute atomic E-state index is 11.7. The number of hydrogen-bond donors (Lipinski definition) is 1. The highest BCUT2D eigenvalue weighted by molar-refractivity contribution is 6.01. The van der Waals surface area contributed by atoms with Crippen LogP contribution in [0.4, 0.5) is 10.6 Å². The van der Waals surface area contributed by atoms with Crippen LogP contribution in [-0.4, -0.2) is 46.9 Å². The van der Waals surface area contributed by atoms with Crippen molar-refractivity contribution in [3.63, 3.8) is 0 Å². The van der Waals surface area contributed by atoms with Crippen LogP contribution >= 0.6 is 0 Å². The molecule has 1 aliphatic rings. The van der Waals surface area contributed by atoms with Crippen LogP contribution < -0.4 is 5.32 Å². The Labute approximate surface area is 106 Å². The fourth-order valence-electron chi connectivity index (χ4n) is 1.83. The lowest BCUT2D eigenvalue weighted by atomic mass is 10.3. The quantitative estimate of drug-likeness (QED) is 0.804. The van der Waals surface area contributed by atoms with Gasteiger partial charge in [-0.1, -0.05) is 6.07 Å². The molecule has 96 valence electrons. The van der Waals surface area contributed by atoms with Crippen molar-refractivity contribution in [3.8, 4) is 0 Å². The van der Waals surface area contributed by atoms with Gasteiger partial charge in [0.05, 0.1) is 12.2 Å². The topological polar surface area (TPSA) is 65.5 Å². The molecule has 0 saturated carbocycles. The standard InChI is InChI=1S/C12H16N4O2/c1-3-13-10-6-4-5-9(14-10)7-16-11(17)8-15(2)12(16)18/h4-6H,3,7-8H2,1-2H3,(H,13,14). The van der Waals surface area contributed by atoms with Crippen LogP contribution in [0.1, 0.15) is 12.6 Å². The Balaban J connectivity index is 2.11. The van der Waals surface area contributed by atoms with Gasteiger partial charge in [-0.25, -0.2) is 9.78 Å². The number of anilines is 1. The van der Waals surface area contributed by atoms with E-state index in [4.69, 9.17) is 0 Å². The lowest BCUT2D eigenvalue weighted by molar-refractivity contribution is -0.125. The van der Waals surface area contributed by atoms with Crippen LogP contribution in [0.3, 0.4) is 0 Å². The van der Waals surface area contributed by atoms with Gasteiger partial charge in [0, 0.05) is 13.6 Å². The van der Waals surface area contributed by atoms with E-state index in [-0.39, 0.29) is 25.0 Å². The molecule has 6 heteroatoms. The molecule has 0 radical (unpaired) electrons. The van der Waals surface area contributed by atoms with Gasteiger partial charge in [0.2, 0.25) is 0 Å². The first kappa shape index (κ1) is 12.3. The number of carbonyl (C=O) groups excluding carboxylic acids is 2. The first-order chi connectivity index (χ1) is 8.61. The Morgan fingerprint density at radius 2 is 2.17 bits per heavy atom. The lowest BCUT2D eigenvalue weighted by Crippen LogP contribution is -2.31. The van der Waals surface area contributed by atoms with E-state index in [1.165, 1.54) is 9.80 Å². The monoisotopic (exact) mass is 248 g/mol. The van der Waals surface area contributed by atoms with E-state index in [9.17, 15) is 9.59 Å². The number of carbonyl (C=O) groups is 2. The molecule has 2 heterocycles. The molecule has 1 aromatic heterocycles. The van der Waals surface area contributed by atoms with E-state index in [0.29, 0.717) is 5.69 Å². The van der Waals surface area contributed by atoms with Crippen molar-refractivity contribution in [2.24, 2.45) is 0 Å². The van der Waals surface area contributed by atoms with E-state index in [0.717, 1.165) is 12.4 Å². The molecule has 1 fully saturated rings. The van der Waals surface area contributed by atoms with Gasteiger partial charge in [-0.2, -0.15) is 0 Å². The molecule has 0 aromatic carbocycles. The van der Waals surface area contributed by atoms with Crippen LogP contribution in [0.25, 0.3) is 0 Å². The zero-order valence-corrected chi connectivity index (χ0v) is 10.5. The van der Waals surface area contributed by atoms with Gasteiger partial charge in [0.1, 0.15) is 12.4 Å². The largest absolute Gasteiger partial charge is 0.370 e. The minimum atomic E-state index is -0.268. The van der Waals surface area contributed by atoms with E-state index in [1.54, 1.807) is 13.1 Å². The molecule has 0 bridgehead atoms. The number of nitrogens with zero attached hydrogens (tertiary/aromatic N) is 3.